The van der Waals surface area contributed by atoms with E-state index in [0.717, 1.165) is 11.1 Å². The Bertz CT molecular complexity index is 1080. The second-order valence-electron chi connectivity index (χ2n) is 6.69. The van der Waals surface area contributed by atoms with Crippen LogP contribution < -0.4 is 16.6 Å². The summed E-state index contributed by atoms with van der Waals surface area (Å²) in [5, 5.41) is 10.2. The molecule has 8 heteroatoms. The van der Waals surface area contributed by atoms with Gasteiger partial charge in [0.25, 0.3) is 11.5 Å². The zero-order chi connectivity index (χ0) is 21.5. The molecule has 1 amide bonds. The van der Waals surface area contributed by atoms with Gasteiger partial charge in [0.15, 0.2) is 6.10 Å². The van der Waals surface area contributed by atoms with E-state index in [1.807, 2.05) is 30.3 Å². The number of rotatable bonds is 8. The van der Waals surface area contributed by atoms with Gasteiger partial charge in [-0.1, -0.05) is 54.6 Å². The van der Waals surface area contributed by atoms with Crippen molar-refractivity contribution in [2.24, 2.45) is 5.73 Å². The van der Waals surface area contributed by atoms with Gasteiger partial charge in [0.2, 0.25) is 0 Å². The summed E-state index contributed by atoms with van der Waals surface area (Å²) in [6.45, 7) is 2.32. The van der Waals surface area contributed by atoms with E-state index in [1.165, 1.54) is 0 Å². The molecular formula is C23H25ClN4O3. The van der Waals surface area contributed by atoms with Gasteiger partial charge in [-0.15, -0.1) is 12.4 Å². The Hall–Kier alpha value is -3.42. The molecule has 0 saturated heterocycles. The summed E-state index contributed by atoms with van der Waals surface area (Å²) in [6, 6.07) is 19.9. The van der Waals surface area contributed by atoms with Gasteiger partial charge in [-0.25, -0.2) is 0 Å². The third-order valence-electron chi connectivity index (χ3n) is 4.61. The summed E-state index contributed by atoms with van der Waals surface area (Å²) in [5.41, 5.74) is 8.35. The fourth-order valence-electron chi connectivity index (χ4n) is 3.03. The number of aromatic nitrogens is 1. The van der Waals surface area contributed by atoms with Crippen LogP contribution in [0.3, 0.4) is 0 Å². The molecule has 0 saturated carbocycles. The van der Waals surface area contributed by atoms with Gasteiger partial charge in [-0.05, 0) is 30.2 Å². The number of ether oxygens (including phenoxy) is 1. The Morgan fingerprint density at radius 1 is 1.10 bits per heavy atom. The molecule has 0 bridgehead atoms. The quantitative estimate of drug-likeness (QED) is 0.317. The Morgan fingerprint density at radius 3 is 2.35 bits per heavy atom. The van der Waals surface area contributed by atoms with Gasteiger partial charge >= 0.3 is 0 Å². The number of halogens is 1. The van der Waals surface area contributed by atoms with Crippen molar-refractivity contribution in [3.05, 3.63) is 93.8 Å². The summed E-state index contributed by atoms with van der Waals surface area (Å²) < 4.78 is 5.58. The summed E-state index contributed by atoms with van der Waals surface area (Å²) in [6.07, 6.45) is -1.01. The van der Waals surface area contributed by atoms with E-state index in [1.54, 1.807) is 43.3 Å². The summed E-state index contributed by atoms with van der Waals surface area (Å²) >= 11 is 0. The smallest absolute Gasteiger partial charge is 0.254 e. The molecule has 7 nitrogen and oxygen atoms in total. The molecule has 1 atom stereocenters. The summed E-state index contributed by atoms with van der Waals surface area (Å²) in [5.74, 6) is -0.411. The number of hydrogen-bond acceptors (Lipinski definition) is 4. The Kier molecular flexibility index (Phi) is 8.54. The highest BCUT2D eigenvalue weighted by Gasteiger charge is 2.24. The second kappa shape index (κ2) is 11.1. The Balaban J connectivity index is 0.00000341. The number of H-pyrrole nitrogens is 1. The predicted molar refractivity (Wildman–Crippen MR) is 123 cm³/mol. The molecule has 3 rings (SSSR count). The average Bonchev–Trinajstić information content (AvgIpc) is 2.77. The van der Waals surface area contributed by atoms with Crippen LogP contribution in [-0.2, 0) is 16.1 Å². The maximum Gasteiger partial charge on any atom is 0.254 e. The van der Waals surface area contributed by atoms with Crippen molar-refractivity contribution in [3.8, 4) is 11.3 Å². The standard InChI is InChI=1S/C23H24N4O3.ClH/c1-2-30-20(23(29)26-14-15-8-10-17(11-9-15)21(24)25)18-12-13-19(27-22(18)28)16-6-4-3-5-7-16;/h3-13,20H,2,14H2,1H3,(H3,24,25)(H,26,29)(H,27,28);1H/t20-;/m0./s1. The molecule has 162 valence electrons. The number of carbonyl (C=O) groups is 1. The lowest BCUT2D eigenvalue weighted by molar-refractivity contribution is -0.133. The van der Waals surface area contributed by atoms with E-state index >= 15 is 0 Å². The number of nitrogens with two attached hydrogens (primary N) is 1. The number of carbonyl (C=O) groups excluding carboxylic acids is 1. The zero-order valence-electron chi connectivity index (χ0n) is 17.1. The van der Waals surface area contributed by atoms with Crippen LogP contribution in [0, 0.1) is 5.41 Å². The van der Waals surface area contributed by atoms with Gasteiger partial charge in [0, 0.05) is 24.4 Å². The van der Waals surface area contributed by atoms with Crippen LogP contribution in [0.1, 0.15) is 29.7 Å². The van der Waals surface area contributed by atoms with Crippen LogP contribution in [0.25, 0.3) is 11.3 Å². The average molecular weight is 441 g/mol. The third kappa shape index (κ3) is 6.04. The molecule has 31 heavy (non-hydrogen) atoms. The monoisotopic (exact) mass is 440 g/mol. The first-order valence-corrected chi connectivity index (χ1v) is 9.61. The molecular weight excluding hydrogens is 416 g/mol. The van der Waals surface area contributed by atoms with Gasteiger partial charge in [-0.2, -0.15) is 0 Å². The van der Waals surface area contributed by atoms with Crippen LogP contribution in [0.15, 0.2) is 71.5 Å². The fourth-order valence-corrected chi connectivity index (χ4v) is 3.03. The summed E-state index contributed by atoms with van der Waals surface area (Å²) in [4.78, 5) is 28.2. The number of pyridine rings is 1. The van der Waals surface area contributed by atoms with Crippen molar-refractivity contribution >= 4 is 24.1 Å². The predicted octanol–water partition coefficient (Wildman–Crippen LogP) is 3.14. The second-order valence-corrected chi connectivity index (χ2v) is 6.69. The van der Waals surface area contributed by atoms with E-state index in [-0.39, 0.29) is 42.5 Å². The maximum atomic E-state index is 12.7. The van der Waals surface area contributed by atoms with Gasteiger partial charge in [0.1, 0.15) is 5.84 Å². The summed E-state index contributed by atoms with van der Waals surface area (Å²) in [7, 11) is 0. The molecule has 5 N–H and O–H groups in total. The number of amidine groups is 1. The van der Waals surface area contributed by atoms with Crippen molar-refractivity contribution in [1.29, 1.82) is 5.41 Å². The van der Waals surface area contributed by atoms with Gasteiger partial charge in [0.05, 0.1) is 5.56 Å². The topological polar surface area (TPSA) is 121 Å². The number of aromatic amines is 1. The highest BCUT2D eigenvalue weighted by Crippen LogP contribution is 2.19. The van der Waals surface area contributed by atoms with Crippen molar-refractivity contribution in [2.75, 3.05) is 6.61 Å². The Labute approximate surface area is 186 Å². The highest BCUT2D eigenvalue weighted by atomic mass is 35.5. The molecule has 1 heterocycles. The minimum atomic E-state index is -1.01. The Morgan fingerprint density at radius 2 is 1.77 bits per heavy atom. The maximum absolute atomic E-state index is 12.7. The highest BCUT2D eigenvalue weighted by molar-refractivity contribution is 5.94. The molecule has 0 aliphatic heterocycles. The first-order chi connectivity index (χ1) is 14.5. The minimum Gasteiger partial charge on any atom is -0.384 e. The first-order valence-electron chi connectivity index (χ1n) is 9.61. The molecule has 0 fully saturated rings. The van der Waals surface area contributed by atoms with Crippen LogP contribution in [-0.4, -0.2) is 23.3 Å². The number of nitrogens with one attached hydrogen (secondary N) is 3. The first kappa shape index (κ1) is 23.9. The van der Waals surface area contributed by atoms with Crippen molar-refractivity contribution in [3.63, 3.8) is 0 Å². The van der Waals surface area contributed by atoms with E-state index in [2.05, 4.69) is 10.3 Å². The van der Waals surface area contributed by atoms with Crippen LogP contribution in [0.4, 0.5) is 0 Å². The normalized spacial score (nSPS) is 11.3. The van der Waals surface area contributed by atoms with Crippen LogP contribution in [0.5, 0.6) is 0 Å². The lowest BCUT2D eigenvalue weighted by atomic mass is 10.1. The fraction of sp³-hybridized carbons (Fsp3) is 0.174. The molecule has 0 spiro atoms. The zero-order valence-corrected chi connectivity index (χ0v) is 17.9. The SMILES string of the molecule is CCO[C@H](C(=O)NCc1ccc(C(=N)N)cc1)c1ccc(-c2ccccc2)[nH]c1=O.Cl. The van der Waals surface area contributed by atoms with Gasteiger partial charge < -0.3 is 20.8 Å². The molecule has 3 aromatic rings. The third-order valence-corrected chi connectivity index (χ3v) is 4.61. The lowest BCUT2D eigenvalue weighted by Gasteiger charge is -2.17. The van der Waals surface area contributed by atoms with Crippen molar-refractivity contribution < 1.29 is 9.53 Å². The van der Waals surface area contributed by atoms with Crippen molar-refractivity contribution in [1.82, 2.24) is 10.3 Å². The molecule has 0 aliphatic rings. The van der Waals surface area contributed by atoms with E-state index < -0.39 is 12.0 Å². The van der Waals surface area contributed by atoms with Gasteiger partial charge in [-0.3, -0.25) is 15.0 Å². The molecule has 0 aliphatic carbocycles. The van der Waals surface area contributed by atoms with Crippen LogP contribution in [0.2, 0.25) is 0 Å². The van der Waals surface area contributed by atoms with E-state index in [4.69, 9.17) is 15.9 Å². The van der Waals surface area contributed by atoms with E-state index in [0.29, 0.717) is 11.3 Å². The largest absolute Gasteiger partial charge is 0.384 e. The van der Waals surface area contributed by atoms with E-state index in [9.17, 15) is 9.59 Å². The number of amides is 1. The number of benzene rings is 2. The number of hydrogen-bond donors (Lipinski definition) is 4. The molecule has 2 aromatic carbocycles. The molecule has 0 unspecified atom stereocenters. The lowest BCUT2D eigenvalue weighted by Crippen LogP contribution is -2.33. The minimum absolute atomic E-state index is 0. The van der Waals surface area contributed by atoms with Crippen LogP contribution >= 0.6 is 12.4 Å². The molecule has 0 radical (unpaired) electrons. The number of nitrogen functional groups attached to an aromatic ring is 1. The molecule has 1 aromatic heterocycles. The van der Waals surface area contributed by atoms with Crippen molar-refractivity contribution in [2.45, 2.75) is 19.6 Å².